The molecule has 176 valence electrons. The Morgan fingerprint density at radius 1 is 1.09 bits per heavy atom. The number of hydrogen-bond donors (Lipinski definition) is 2. The van der Waals surface area contributed by atoms with E-state index in [-0.39, 0.29) is 6.01 Å². The van der Waals surface area contributed by atoms with E-state index in [1.54, 1.807) is 44.4 Å². The first kappa shape index (κ1) is 22.2. The number of sulfonamides is 1. The van der Waals surface area contributed by atoms with Crippen LogP contribution in [0, 0.1) is 0 Å². The molecule has 3 N–H and O–H groups in total. The third-order valence-corrected chi connectivity index (χ3v) is 8.01. The van der Waals surface area contributed by atoms with E-state index in [0.29, 0.717) is 23.2 Å². The van der Waals surface area contributed by atoms with Crippen LogP contribution in [0.1, 0.15) is 39.2 Å². The highest BCUT2D eigenvalue weighted by Gasteiger charge is 2.27. The van der Waals surface area contributed by atoms with Crippen molar-refractivity contribution in [1.82, 2.24) is 14.5 Å². The van der Waals surface area contributed by atoms with Crippen LogP contribution in [0.3, 0.4) is 0 Å². The molecule has 0 amide bonds. The number of rotatable bonds is 7. The van der Waals surface area contributed by atoms with Crippen LogP contribution < -0.4 is 15.2 Å². The van der Waals surface area contributed by atoms with Gasteiger partial charge in [-0.3, -0.25) is 4.72 Å². The molecule has 5 rings (SSSR count). The number of nitrogens with zero attached hydrogens (tertiary/aromatic N) is 3. The maximum absolute atomic E-state index is 12.2. The summed E-state index contributed by atoms with van der Waals surface area (Å²) in [5, 5.41) is 0.390. The molecule has 0 unspecified atom stereocenters. The van der Waals surface area contributed by atoms with Crippen molar-refractivity contribution in [3.8, 4) is 23.0 Å². The normalized spacial score (nSPS) is 14.3. The monoisotopic (exact) mass is 477 g/mol. The second-order valence-electron chi connectivity index (χ2n) is 8.80. The number of fused-ring (bicyclic) bond motifs is 1. The van der Waals surface area contributed by atoms with E-state index in [1.807, 2.05) is 30.3 Å². The molecule has 2 aromatic heterocycles. The first-order valence-corrected chi connectivity index (χ1v) is 12.9. The van der Waals surface area contributed by atoms with Crippen LogP contribution in [0.15, 0.2) is 60.9 Å². The summed E-state index contributed by atoms with van der Waals surface area (Å²) in [6.07, 6.45) is 6.64. The molecule has 1 saturated carbocycles. The zero-order valence-corrected chi connectivity index (χ0v) is 19.9. The Balaban J connectivity index is 1.55. The van der Waals surface area contributed by atoms with Crippen molar-refractivity contribution in [2.24, 2.45) is 0 Å². The molecular weight excluding hydrogens is 450 g/mol. The molecule has 0 bridgehead atoms. The molecule has 2 aromatic carbocycles. The van der Waals surface area contributed by atoms with Crippen LogP contribution in [-0.4, -0.2) is 28.2 Å². The second-order valence-corrected chi connectivity index (χ2v) is 11.0. The van der Waals surface area contributed by atoms with Crippen molar-refractivity contribution in [1.29, 1.82) is 0 Å². The maximum Gasteiger partial charge on any atom is 0.321 e. The molecule has 0 spiro atoms. The summed E-state index contributed by atoms with van der Waals surface area (Å²) < 4.78 is 35.2. The number of aromatic nitrogens is 3. The third-order valence-electron chi connectivity index (χ3n) is 6.24. The summed E-state index contributed by atoms with van der Waals surface area (Å²) >= 11 is 0. The fraction of sp³-hybridized carbons (Fsp3) is 0.280. The molecule has 0 aliphatic heterocycles. The zero-order chi connectivity index (χ0) is 23.9. The van der Waals surface area contributed by atoms with Gasteiger partial charge in [0.25, 0.3) is 0 Å². The van der Waals surface area contributed by atoms with Gasteiger partial charge in [0.05, 0.1) is 22.1 Å². The minimum atomic E-state index is -3.41. The molecule has 0 radical (unpaired) electrons. The van der Waals surface area contributed by atoms with E-state index in [9.17, 15) is 8.42 Å². The van der Waals surface area contributed by atoms with Gasteiger partial charge in [0, 0.05) is 35.1 Å². The topological polar surface area (TPSA) is 112 Å². The largest absolute Gasteiger partial charge is 0.424 e. The average molecular weight is 478 g/mol. The zero-order valence-electron chi connectivity index (χ0n) is 19.1. The molecule has 0 atom stereocenters. The molecule has 1 aliphatic rings. The van der Waals surface area contributed by atoms with E-state index in [1.165, 1.54) is 6.42 Å². The summed E-state index contributed by atoms with van der Waals surface area (Å²) in [6.45, 7) is 3.30. The van der Waals surface area contributed by atoms with Crippen molar-refractivity contribution in [2.75, 3.05) is 10.5 Å². The fourth-order valence-corrected chi connectivity index (χ4v) is 4.82. The van der Waals surface area contributed by atoms with Gasteiger partial charge in [-0.1, -0.05) is 12.1 Å². The summed E-state index contributed by atoms with van der Waals surface area (Å²) in [5.41, 5.74) is 10.8. The minimum Gasteiger partial charge on any atom is -0.424 e. The average Bonchev–Trinajstić information content (AvgIpc) is 3.05. The Bertz CT molecular complexity index is 1430. The predicted octanol–water partition coefficient (Wildman–Crippen LogP) is 5.35. The fourth-order valence-electron chi connectivity index (χ4n) is 4.12. The second kappa shape index (κ2) is 8.64. The van der Waals surface area contributed by atoms with E-state index >= 15 is 0 Å². The van der Waals surface area contributed by atoms with Gasteiger partial charge in [0.15, 0.2) is 0 Å². The van der Waals surface area contributed by atoms with Gasteiger partial charge in [0.2, 0.25) is 10.0 Å². The molecule has 2 heterocycles. The van der Waals surface area contributed by atoms with E-state index in [2.05, 4.69) is 19.3 Å². The van der Waals surface area contributed by atoms with Crippen molar-refractivity contribution in [3.63, 3.8) is 0 Å². The lowest BCUT2D eigenvalue weighted by Gasteiger charge is -2.30. The first-order chi connectivity index (χ1) is 16.3. The molecular formula is C25H27N5O3S. The molecule has 9 heteroatoms. The molecule has 0 saturated heterocycles. The summed E-state index contributed by atoms with van der Waals surface area (Å²) in [5.74, 6) is 0.612. The number of nitrogens with one attached hydrogen (secondary N) is 1. The molecule has 34 heavy (non-hydrogen) atoms. The SMILES string of the molecule is CC(C)S(=O)(=O)Nc1ccc(-c2c(N)c3cc(Oc4ncccn4)ccc3n2C2CCC2)cc1. The van der Waals surface area contributed by atoms with Gasteiger partial charge in [-0.15, -0.1) is 0 Å². The van der Waals surface area contributed by atoms with Gasteiger partial charge in [-0.2, -0.15) is 0 Å². The maximum atomic E-state index is 12.2. The van der Waals surface area contributed by atoms with Crippen molar-refractivity contribution in [3.05, 3.63) is 60.9 Å². The standard InChI is InChI=1S/C25H27N5O3S/c1-16(2)34(31,32)29-18-9-7-17(8-10-18)24-23(26)21-15-20(33-25-27-13-4-14-28-25)11-12-22(21)30(24)19-5-3-6-19/h4,7-16,19,29H,3,5-6,26H2,1-2H3. The van der Waals surface area contributed by atoms with E-state index < -0.39 is 15.3 Å². The number of ether oxygens (including phenoxy) is 1. The molecule has 4 aromatic rings. The Hall–Kier alpha value is -3.59. The number of hydrogen-bond acceptors (Lipinski definition) is 6. The lowest BCUT2D eigenvalue weighted by Crippen LogP contribution is -2.22. The predicted molar refractivity (Wildman–Crippen MR) is 134 cm³/mol. The lowest BCUT2D eigenvalue weighted by atomic mass is 9.92. The summed E-state index contributed by atoms with van der Waals surface area (Å²) in [7, 11) is -3.41. The van der Waals surface area contributed by atoms with Crippen molar-refractivity contribution < 1.29 is 13.2 Å². The van der Waals surface area contributed by atoms with Crippen molar-refractivity contribution in [2.45, 2.75) is 44.4 Å². The first-order valence-electron chi connectivity index (χ1n) is 11.3. The Kier molecular flexibility index (Phi) is 5.65. The van der Waals surface area contributed by atoms with Crippen LogP contribution in [-0.2, 0) is 10.0 Å². The third kappa shape index (κ3) is 4.07. The Morgan fingerprint density at radius 2 is 1.79 bits per heavy atom. The molecule has 1 fully saturated rings. The van der Waals surface area contributed by atoms with E-state index in [0.717, 1.165) is 35.0 Å². The number of nitrogens with two attached hydrogens (primary N) is 1. The van der Waals surface area contributed by atoms with Crippen LogP contribution in [0.5, 0.6) is 11.8 Å². The molecule has 1 aliphatic carbocycles. The quantitative estimate of drug-likeness (QED) is 0.371. The Morgan fingerprint density at radius 3 is 2.41 bits per heavy atom. The van der Waals surface area contributed by atoms with Gasteiger partial charge in [-0.05, 0) is 69.5 Å². The number of benzene rings is 2. The minimum absolute atomic E-state index is 0.276. The van der Waals surface area contributed by atoms with E-state index in [4.69, 9.17) is 10.5 Å². The van der Waals surface area contributed by atoms with Gasteiger partial charge in [0.1, 0.15) is 5.75 Å². The smallest absolute Gasteiger partial charge is 0.321 e. The van der Waals surface area contributed by atoms with Crippen molar-refractivity contribution >= 4 is 32.3 Å². The number of anilines is 2. The van der Waals surface area contributed by atoms with Gasteiger partial charge < -0.3 is 15.0 Å². The number of nitrogen functional groups attached to an aromatic ring is 1. The van der Waals surface area contributed by atoms with Gasteiger partial charge in [-0.25, -0.2) is 18.4 Å². The van der Waals surface area contributed by atoms with Crippen LogP contribution in [0.4, 0.5) is 11.4 Å². The Labute approximate surface area is 198 Å². The highest BCUT2D eigenvalue weighted by Crippen LogP contribution is 2.45. The van der Waals surface area contributed by atoms with Gasteiger partial charge >= 0.3 is 6.01 Å². The van der Waals surface area contributed by atoms with Crippen LogP contribution in [0.2, 0.25) is 0 Å². The lowest BCUT2D eigenvalue weighted by molar-refractivity contribution is 0.324. The summed E-state index contributed by atoms with van der Waals surface area (Å²) in [6, 6.07) is 15.6. The molecule has 8 nitrogen and oxygen atoms in total. The highest BCUT2D eigenvalue weighted by atomic mass is 32.2. The van der Waals surface area contributed by atoms with Crippen LogP contribution >= 0.6 is 0 Å². The summed E-state index contributed by atoms with van der Waals surface area (Å²) in [4.78, 5) is 8.25. The highest BCUT2D eigenvalue weighted by molar-refractivity contribution is 7.93. The van der Waals surface area contributed by atoms with Crippen LogP contribution in [0.25, 0.3) is 22.2 Å².